The Morgan fingerprint density at radius 3 is 2.36 bits per heavy atom. The van der Waals surface area contributed by atoms with E-state index in [1.807, 2.05) is 0 Å². The Hall–Kier alpha value is -1.40. The Balaban J connectivity index is 1.51. The van der Waals surface area contributed by atoms with Crippen molar-refractivity contribution in [1.82, 2.24) is 24.8 Å². The number of nitrogens with zero attached hydrogens (tertiary/aromatic N) is 4. The second-order valence-corrected chi connectivity index (χ2v) is 12.8. The zero-order valence-electron chi connectivity index (χ0n) is 20.5. The predicted octanol–water partition coefficient (Wildman–Crippen LogP) is -1.72. The molecule has 0 bridgehead atoms. The summed E-state index contributed by atoms with van der Waals surface area (Å²) in [5.74, 6) is 0.0357. The van der Waals surface area contributed by atoms with Crippen molar-refractivity contribution in [2.45, 2.75) is 50.2 Å². The molecule has 0 amide bonds. The molecule has 3 heterocycles. The van der Waals surface area contributed by atoms with E-state index in [-0.39, 0.29) is 23.4 Å². The Kier molecular flexibility index (Phi) is 11.1. The van der Waals surface area contributed by atoms with Crippen LogP contribution >= 0.6 is 23.5 Å². The first-order valence-corrected chi connectivity index (χ1v) is 15.9. The molecule has 0 saturated carbocycles. The summed E-state index contributed by atoms with van der Waals surface area (Å²) in [7, 11) is -15.5. The predicted molar refractivity (Wildman–Crippen MR) is 125 cm³/mol. The number of imidazole rings is 1. The summed E-state index contributed by atoms with van der Waals surface area (Å²) in [6.07, 6.45) is -1.36. The molecule has 0 aliphatic carbocycles. The molecule has 5 N–H and O–H groups in total. The molecule has 39 heavy (non-hydrogen) atoms. The van der Waals surface area contributed by atoms with Crippen LogP contribution in [0, 0.1) is 0 Å². The molecule has 22 heteroatoms. The summed E-state index contributed by atoms with van der Waals surface area (Å²) < 4.78 is 58.7. The minimum Gasteiger partial charge on any atom is -0.756 e. The molecule has 0 aromatic carbocycles. The smallest absolute Gasteiger partial charge is 0.280 e. The van der Waals surface area contributed by atoms with Crippen LogP contribution in [0.2, 0.25) is 0 Å². The van der Waals surface area contributed by atoms with Gasteiger partial charge in [-0.25, -0.2) is 23.6 Å². The fraction of sp³-hybridized carbons (Fsp3) is 0.706. The highest BCUT2D eigenvalue weighted by Crippen LogP contribution is 2.63. The van der Waals surface area contributed by atoms with Crippen molar-refractivity contribution in [2.75, 3.05) is 32.5 Å². The minimum atomic E-state index is -6.03. The van der Waals surface area contributed by atoms with Gasteiger partial charge in [0.05, 0.1) is 19.5 Å². The van der Waals surface area contributed by atoms with E-state index < -0.39 is 61.2 Å². The fourth-order valence-electron chi connectivity index (χ4n) is 3.56. The molecule has 1 aliphatic rings. The topological polar surface area (TPSA) is 289 Å². The highest BCUT2D eigenvalue weighted by atomic mass is 31.3. The van der Waals surface area contributed by atoms with Gasteiger partial charge in [0.15, 0.2) is 17.7 Å². The van der Waals surface area contributed by atoms with Gasteiger partial charge >= 0.3 is 0 Å². The van der Waals surface area contributed by atoms with Crippen molar-refractivity contribution < 1.29 is 61.0 Å². The zero-order valence-corrected chi connectivity index (χ0v) is 23.2. The molecule has 1 fully saturated rings. The van der Waals surface area contributed by atoms with Crippen molar-refractivity contribution in [3.05, 3.63) is 12.7 Å². The number of unbranched alkanes of at least 4 members (excludes halogenated alkanes) is 3. The summed E-state index contributed by atoms with van der Waals surface area (Å²) in [5, 5.41) is 23.6. The Bertz CT molecular complexity index is 1250. The number of ether oxygens (including phenoxy) is 1. The van der Waals surface area contributed by atoms with E-state index in [2.05, 4.69) is 37.9 Å². The molecule has 1 aliphatic heterocycles. The molecule has 222 valence electrons. The van der Waals surface area contributed by atoms with E-state index in [1.165, 1.54) is 10.9 Å². The van der Waals surface area contributed by atoms with E-state index in [4.69, 9.17) is 10.5 Å². The Morgan fingerprint density at radius 2 is 1.67 bits per heavy atom. The quantitative estimate of drug-likeness (QED) is 0.120. The van der Waals surface area contributed by atoms with Gasteiger partial charge in [0, 0.05) is 0 Å². The number of fused-ring (bicyclic) bond motifs is 1. The lowest BCUT2D eigenvalue weighted by Gasteiger charge is -2.34. The van der Waals surface area contributed by atoms with Gasteiger partial charge in [-0.1, -0.05) is 12.8 Å². The lowest BCUT2D eigenvalue weighted by molar-refractivity contribution is -0.251. The lowest BCUT2D eigenvalue weighted by atomic mass is 10.1. The third-order valence-corrected chi connectivity index (χ3v) is 9.53. The van der Waals surface area contributed by atoms with Crippen LogP contribution < -0.4 is 25.7 Å². The van der Waals surface area contributed by atoms with E-state index in [9.17, 15) is 38.6 Å². The third kappa shape index (κ3) is 9.05. The summed E-state index contributed by atoms with van der Waals surface area (Å²) in [6, 6.07) is 0. The SMILES string of the molecule is CNCCCCCCOP(=O)([O-])OP(=O)([O-])OP(=O)([O-])OC[C@H]1O[C@@H](n2cnc3c(N)ncnc32)C(O)[C@H]1O. The maximum atomic E-state index is 12.0. The average Bonchev–Trinajstić information content (AvgIpc) is 3.37. The van der Waals surface area contributed by atoms with Crippen LogP contribution in [0.5, 0.6) is 0 Å². The van der Waals surface area contributed by atoms with Crippen molar-refractivity contribution in [3.8, 4) is 0 Å². The van der Waals surface area contributed by atoms with Gasteiger partial charge in [0.2, 0.25) is 0 Å². The molecule has 0 radical (unpaired) electrons. The number of aliphatic hydroxyl groups is 2. The Morgan fingerprint density at radius 1 is 1.00 bits per heavy atom. The van der Waals surface area contributed by atoms with Gasteiger partial charge in [-0.3, -0.25) is 18.3 Å². The number of phosphoric acid groups is 3. The first-order chi connectivity index (χ1) is 18.3. The molecule has 7 atom stereocenters. The van der Waals surface area contributed by atoms with Gasteiger partial charge < -0.3 is 49.7 Å². The molecule has 3 rings (SSSR count). The first kappa shape index (κ1) is 32.1. The van der Waals surface area contributed by atoms with Crippen molar-refractivity contribution >= 4 is 40.4 Å². The average molecular weight is 617 g/mol. The fourth-order valence-corrected chi connectivity index (χ4v) is 6.96. The molecular weight excluding hydrogens is 589 g/mol. The molecule has 4 unspecified atom stereocenters. The second-order valence-electron chi connectivity index (χ2n) is 8.28. The van der Waals surface area contributed by atoms with E-state index in [0.29, 0.717) is 6.42 Å². The number of phosphoric ester groups is 2. The van der Waals surface area contributed by atoms with Crippen LogP contribution in [-0.4, -0.2) is 74.9 Å². The second kappa shape index (κ2) is 13.5. The van der Waals surface area contributed by atoms with E-state index >= 15 is 0 Å². The van der Waals surface area contributed by atoms with Crippen molar-refractivity contribution in [3.63, 3.8) is 0 Å². The maximum absolute atomic E-state index is 12.0. The molecule has 1 saturated heterocycles. The molecule has 0 spiro atoms. The highest BCUT2D eigenvalue weighted by molar-refractivity contribution is 7.65. The standard InChI is InChI=1S/C17H31N6O13P3/c1-19-6-4-2-3-5-7-32-37(26,27)35-39(30,31)36-38(28,29)33-8-11-13(24)14(25)17(34-11)23-10-22-12-15(18)20-9-21-16(12)23/h9-11,13-14,17,19,24-25H,2-8H2,1H3,(H,26,27)(H,28,29)(H,30,31)(H2,18,20,21)/p-3/t11-,13+,14?,17-/m1/s1. The lowest BCUT2D eigenvalue weighted by Crippen LogP contribution is -2.34. The number of rotatable bonds is 16. The minimum absolute atomic E-state index is 0.0357. The van der Waals surface area contributed by atoms with Crippen LogP contribution in [0.25, 0.3) is 11.2 Å². The number of hydrogen-bond donors (Lipinski definition) is 4. The van der Waals surface area contributed by atoms with Crippen molar-refractivity contribution in [2.24, 2.45) is 0 Å². The van der Waals surface area contributed by atoms with Crippen LogP contribution in [0.15, 0.2) is 12.7 Å². The molecular formula is C17H28N6O13P3-3. The van der Waals surface area contributed by atoms with Gasteiger partial charge in [-0.2, -0.15) is 0 Å². The van der Waals surface area contributed by atoms with Crippen molar-refractivity contribution in [1.29, 1.82) is 0 Å². The molecule has 2 aromatic rings. The maximum Gasteiger partial charge on any atom is 0.280 e. The van der Waals surface area contributed by atoms with Gasteiger partial charge in [-0.05, 0) is 26.4 Å². The third-order valence-electron chi connectivity index (χ3n) is 5.37. The largest absolute Gasteiger partial charge is 0.756 e. The number of nitrogens with one attached hydrogen (secondary N) is 1. The normalized spacial score (nSPS) is 26.3. The zero-order chi connectivity index (χ0) is 28.8. The van der Waals surface area contributed by atoms with E-state index in [0.717, 1.165) is 25.7 Å². The highest BCUT2D eigenvalue weighted by Gasteiger charge is 2.45. The van der Waals surface area contributed by atoms with Gasteiger partial charge in [0.1, 0.15) is 30.2 Å². The molecule has 19 nitrogen and oxygen atoms in total. The van der Waals surface area contributed by atoms with Gasteiger partial charge in [0.25, 0.3) is 23.5 Å². The van der Waals surface area contributed by atoms with Crippen LogP contribution in [0.1, 0.15) is 31.9 Å². The van der Waals surface area contributed by atoms with Crippen LogP contribution in [0.4, 0.5) is 5.82 Å². The van der Waals surface area contributed by atoms with Crippen LogP contribution in [0.3, 0.4) is 0 Å². The number of aromatic nitrogens is 4. The monoisotopic (exact) mass is 617 g/mol. The van der Waals surface area contributed by atoms with E-state index in [1.54, 1.807) is 7.05 Å². The number of hydrogen-bond acceptors (Lipinski definition) is 18. The number of anilines is 1. The summed E-state index contributed by atoms with van der Waals surface area (Å²) in [5.41, 5.74) is 6.02. The number of nitrogen functional groups attached to an aromatic ring is 1. The number of nitrogens with two attached hydrogens (primary N) is 1. The summed E-state index contributed by atoms with van der Waals surface area (Å²) >= 11 is 0. The molecule has 2 aromatic heterocycles. The van der Waals surface area contributed by atoms with Crippen LogP contribution in [-0.2, 0) is 36.1 Å². The summed E-state index contributed by atoms with van der Waals surface area (Å²) in [6.45, 7) is -0.646. The number of aliphatic hydroxyl groups excluding tert-OH is 2. The van der Waals surface area contributed by atoms with Gasteiger partial charge in [-0.15, -0.1) is 0 Å². The first-order valence-electron chi connectivity index (χ1n) is 11.5. The summed E-state index contributed by atoms with van der Waals surface area (Å²) in [4.78, 5) is 47.4. The Labute approximate surface area is 222 Å².